The van der Waals surface area contributed by atoms with Crippen LogP contribution in [0, 0.1) is 5.92 Å². The van der Waals surface area contributed by atoms with E-state index in [1.165, 1.54) is 18.4 Å². The van der Waals surface area contributed by atoms with Gasteiger partial charge in [-0.1, -0.05) is 43.2 Å². The van der Waals surface area contributed by atoms with E-state index in [1.807, 2.05) is 0 Å². The van der Waals surface area contributed by atoms with Crippen LogP contribution in [0.25, 0.3) is 0 Å². The Morgan fingerprint density at radius 3 is 2.44 bits per heavy atom. The Kier molecular flexibility index (Phi) is 4.79. The molecule has 1 aromatic carbocycles. The number of hydrogen-bond donors (Lipinski definition) is 1. The summed E-state index contributed by atoms with van der Waals surface area (Å²) in [6, 6.07) is 10.7. The lowest BCUT2D eigenvalue weighted by Gasteiger charge is -2.36. The lowest BCUT2D eigenvalue weighted by molar-refractivity contribution is 0.0494. The summed E-state index contributed by atoms with van der Waals surface area (Å²) in [7, 11) is 4.23. The van der Waals surface area contributed by atoms with Crippen molar-refractivity contribution in [2.75, 3.05) is 20.6 Å². The zero-order chi connectivity index (χ0) is 13.0. The highest BCUT2D eigenvalue weighted by molar-refractivity contribution is 5.21. The molecule has 0 aromatic heterocycles. The fourth-order valence-electron chi connectivity index (χ4n) is 3.19. The third-order valence-electron chi connectivity index (χ3n) is 4.09. The highest BCUT2D eigenvalue weighted by Gasteiger charge is 2.31. The van der Waals surface area contributed by atoms with Gasteiger partial charge in [0.05, 0.1) is 6.10 Å². The fraction of sp³-hybridized carbons (Fsp3) is 0.625. The number of hydrogen-bond acceptors (Lipinski definition) is 2. The Labute approximate surface area is 111 Å². The first-order chi connectivity index (χ1) is 8.68. The van der Waals surface area contributed by atoms with Crippen LogP contribution in [0.1, 0.15) is 37.2 Å². The van der Waals surface area contributed by atoms with Gasteiger partial charge in [-0.05, 0) is 38.4 Å². The maximum Gasteiger partial charge on any atom is 0.0574 e. The molecule has 18 heavy (non-hydrogen) atoms. The van der Waals surface area contributed by atoms with Crippen molar-refractivity contribution in [2.45, 2.75) is 37.7 Å². The van der Waals surface area contributed by atoms with Crippen LogP contribution in [-0.2, 0) is 0 Å². The molecule has 0 saturated heterocycles. The summed E-state index contributed by atoms with van der Waals surface area (Å²) in [5.74, 6) is 0.875. The molecule has 0 aliphatic heterocycles. The number of benzene rings is 1. The van der Waals surface area contributed by atoms with E-state index < -0.39 is 0 Å². The molecule has 1 aliphatic carbocycles. The van der Waals surface area contributed by atoms with Crippen LogP contribution in [0.15, 0.2) is 30.3 Å². The minimum Gasteiger partial charge on any atom is -0.393 e. The minimum absolute atomic E-state index is 0.121. The maximum atomic E-state index is 10.3. The van der Waals surface area contributed by atoms with Crippen LogP contribution in [0.5, 0.6) is 0 Å². The number of likely N-dealkylation sites (N-methyl/N-ethyl adjacent to an activating group) is 1. The Hall–Kier alpha value is -0.860. The van der Waals surface area contributed by atoms with Gasteiger partial charge in [-0.25, -0.2) is 0 Å². The average Bonchev–Trinajstić information content (AvgIpc) is 2.38. The van der Waals surface area contributed by atoms with Crippen molar-refractivity contribution in [1.82, 2.24) is 4.90 Å². The lowest BCUT2D eigenvalue weighted by atomic mass is 9.75. The van der Waals surface area contributed by atoms with Gasteiger partial charge in [0.15, 0.2) is 0 Å². The standard InChI is InChI=1S/C16H25NO/c1-17(2)12-15(13-8-4-3-5-9-13)14-10-6-7-11-16(14)18/h3-5,8-9,14-16,18H,6-7,10-12H2,1-2H3/t14-,15?,16+/m1/s1. The second-order valence-electron chi connectivity index (χ2n) is 5.80. The van der Waals surface area contributed by atoms with Crippen molar-refractivity contribution in [2.24, 2.45) is 5.92 Å². The van der Waals surface area contributed by atoms with Gasteiger partial charge in [-0.2, -0.15) is 0 Å². The molecule has 3 atom stereocenters. The molecule has 1 aromatic rings. The summed E-state index contributed by atoms with van der Waals surface area (Å²) < 4.78 is 0. The highest BCUT2D eigenvalue weighted by Crippen LogP contribution is 2.36. The first-order valence-electron chi connectivity index (χ1n) is 7.06. The molecule has 2 rings (SSSR count). The van der Waals surface area contributed by atoms with Gasteiger partial charge in [0, 0.05) is 12.5 Å². The van der Waals surface area contributed by atoms with Crippen molar-refractivity contribution < 1.29 is 5.11 Å². The lowest BCUT2D eigenvalue weighted by Crippen LogP contribution is -2.35. The Morgan fingerprint density at radius 2 is 1.83 bits per heavy atom. The van der Waals surface area contributed by atoms with E-state index in [4.69, 9.17) is 0 Å². The van der Waals surface area contributed by atoms with E-state index in [1.54, 1.807) is 0 Å². The van der Waals surface area contributed by atoms with Crippen molar-refractivity contribution >= 4 is 0 Å². The van der Waals surface area contributed by atoms with Gasteiger partial charge < -0.3 is 10.0 Å². The van der Waals surface area contributed by atoms with Crippen LogP contribution in [-0.4, -0.2) is 36.8 Å². The fourth-order valence-corrected chi connectivity index (χ4v) is 3.19. The van der Waals surface area contributed by atoms with Gasteiger partial charge in [-0.3, -0.25) is 0 Å². The topological polar surface area (TPSA) is 23.5 Å². The number of nitrogens with zero attached hydrogens (tertiary/aromatic N) is 1. The molecule has 0 radical (unpaired) electrons. The van der Waals surface area contributed by atoms with Gasteiger partial charge in [-0.15, -0.1) is 0 Å². The monoisotopic (exact) mass is 247 g/mol. The summed E-state index contributed by atoms with van der Waals surface area (Å²) in [4.78, 5) is 2.24. The molecule has 0 bridgehead atoms. The predicted octanol–water partition coefficient (Wildman–Crippen LogP) is 2.88. The average molecular weight is 247 g/mol. The predicted molar refractivity (Wildman–Crippen MR) is 75.7 cm³/mol. The zero-order valence-corrected chi connectivity index (χ0v) is 11.5. The molecule has 2 heteroatoms. The summed E-state index contributed by atoms with van der Waals surface area (Å²) >= 11 is 0. The van der Waals surface area contributed by atoms with Crippen LogP contribution < -0.4 is 0 Å². The molecule has 1 fully saturated rings. The molecular formula is C16H25NO. The van der Waals surface area contributed by atoms with E-state index >= 15 is 0 Å². The Bertz CT molecular complexity index is 349. The highest BCUT2D eigenvalue weighted by atomic mass is 16.3. The van der Waals surface area contributed by atoms with Crippen LogP contribution in [0.3, 0.4) is 0 Å². The van der Waals surface area contributed by atoms with Gasteiger partial charge >= 0.3 is 0 Å². The second kappa shape index (κ2) is 6.35. The van der Waals surface area contributed by atoms with Crippen LogP contribution in [0.4, 0.5) is 0 Å². The van der Waals surface area contributed by atoms with E-state index in [9.17, 15) is 5.11 Å². The SMILES string of the molecule is CN(C)CC(c1ccccc1)[C@H]1CCCC[C@@H]1O. The van der Waals surface area contributed by atoms with Crippen molar-refractivity contribution in [3.05, 3.63) is 35.9 Å². The van der Waals surface area contributed by atoms with Gasteiger partial charge in [0.1, 0.15) is 0 Å². The first-order valence-corrected chi connectivity index (χ1v) is 7.06. The summed E-state index contributed by atoms with van der Waals surface area (Å²) in [6.07, 6.45) is 4.46. The molecule has 1 aliphatic rings. The Balaban J connectivity index is 2.19. The van der Waals surface area contributed by atoms with Crippen LogP contribution in [0.2, 0.25) is 0 Å². The summed E-state index contributed by atoms with van der Waals surface area (Å²) in [6.45, 7) is 1.02. The smallest absolute Gasteiger partial charge is 0.0574 e. The molecule has 1 N–H and O–H groups in total. The van der Waals surface area contributed by atoms with E-state index in [2.05, 4.69) is 49.3 Å². The molecule has 2 nitrogen and oxygen atoms in total. The Morgan fingerprint density at radius 1 is 1.17 bits per heavy atom. The van der Waals surface area contributed by atoms with E-state index in [0.717, 1.165) is 19.4 Å². The number of aliphatic hydroxyl groups is 1. The summed E-state index contributed by atoms with van der Waals surface area (Å²) in [5.41, 5.74) is 1.37. The van der Waals surface area contributed by atoms with Crippen molar-refractivity contribution in [1.29, 1.82) is 0 Å². The molecule has 0 heterocycles. The van der Waals surface area contributed by atoms with Crippen LogP contribution >= 0.6 is 0 Å². The minimum atomic E-state index is -0.121. The van der Waals surface area contributed by atoms with Gasteiger partial charge in [0.25, 0.3) is 0 Å². The quantitative estimate of drug-likeness (QED) is 0.884. The third-order valence-corrected chi connectivity index (χ3v) is 4.09. The molecule has 1 saturated carbocycles. The normalized spacial score (nSPS) is 26.2. The van der Waals surface area contributed by atoms with Crippen molar-refractivity contribution in [3.63, 3.8) is 0 Å². The molecule has 1 unspecified atom stereocenters. The largest absolute Gasteiger partial charge is 0.393 e. The number of aliphatic hydroxyl groups excluding tert-OH is 1. The number of rotatable bonds is 4. The molecule has 100 valence electrons. The zero-order valence-electron chi connectivity index (χ0n) is 11.5. The summed E-state index contributed by atoms with van der Waals surface area (Å²) in [5, 5.41) is 10.3. The van der Waals surface area contributed by atoms with E-state index in [0.29, 0.717) is 11.8 Å². The van der Waals surface area contributed by atoms with Gasteiger partial charge in [0.2, 0.25) is 0 Å². The maximum absolute atomic E-state index is 10.3. The second-order valence-corrected chi connectivity index (χ2v) is 5.80. The third kappa shape index (κ3) is 3.33. The molecular weight excluding hydrogens is 222 g/mol. The first kappa shape index (κ1) is 13.6. The van der Waals surface area contributed by atoms with E-state index in [-0.39, 0.29) is 6.10 Å². The van der Waals surface area contributed by atoms with Crippen molar-refractivity contribution in [3.8, 4) is 0 Å². The molecule has 0 spiro atoms. The molecule has 0 amide bonds.